The highest BCUT2D eigenvalue weighted by molar-refractivity contribution is 5.90. The summed E-state index contributed by atoms with van der Waals surface area (Å²) in [4.78, 5) is 17.0. The first kappa shape index (κ1) is 14.2. The van der Waals surface area contributed by atoms with Gasteiger partial charge in [0.25, 0.3) is 5.89 Å². The molecular weight excluding hydrogens is 289 g/mol. The molecule has 114 valence electrons. The van der Waals surface area contributed by atoms with E-state index in [2.05, 4.69) is 10.1 Å². The number of carbonyl (C=O) groups excluding carboxylic acids is 1. The smallest absolute Gasteiger partial charge is 0.261 e. The maximum atomic E-state index is 13.6. The van der Waals surface area contributed by atoms with Gasteiger partial charge in [0.1, 0.15) is 11.4 Å². The number of fused-ring (bicyclic) bond motifs is 1. The van der Waals surface area contributed by atoms with E-state index in [1.54, 1.807) is 18.0 Å². The number of carbonyl (C=O) groups is 1. The van der Waals surface area contributed by atoms with Crippen LogP contribution in [0.2, 0.25) is 0 Å². The highest BCUT2D eigenvalue weighted by atomic mass is 19.1. The Labute approximate surface area is 125 Å². The van der Waals surface area contributed by atoms with E-state index in [9.17, 15) is 9.18 Å². The zero-order valence-corrected chi connectivity index (χ0v) is 12.2. The molecule has 22 heavy (non-hydrogen) atoms. The summed E-state index contributed by atoms with van der Waals surface area (Å²) in [6.07, 6.45) is 1.93. The highest BCUT2D eigenvalue weighted by Crippen LogP contribution is 2.29. The number of halogens is 1. The van der Waals surface area contributed by atoms with Gasteiger partial charge in [-0.1, -0.05) is 5.16 Å². The number of rotatable bonds is 4. The molecule has 0 fully saturated rings. The lowest BCUT2D eigenvalue weighted by molar-refractivity contribution is -0.127. The minimum absolute atomic E-state index is 0.0360. The quantitative estimate of drug-likeness (QED) is 0.741. The van der Waals surface area contributed by atoms with Gasteiger partial charge in [0, 0.05) is 32.3 Å². The van der Waals surface area contributed by atoms with Crippen molar-refractivity contribution in [2.75, 3.05) is 13.6 Å². The van der Waals surface area contributed by atoms with E-state index in [4.69, 9.17) is 8.94 Å². The molecule has 0 saturated heterocycles. The molecule has 0 unspecified atom stereocenters. The lowest BCUT2D eigenvalue weighted by Gasteiger charge is -2.12. The Morgan fingerprint density at radius 3 is 3.00 bits per heavy atom. The first-order chi connectivity index (χ1) is 10.5. The number of hydrogen-bond donors (Lipinski definition) is 0. The molecule has 0 aliphatic heterocycles. The summed E-state index contributed by atoms with van der Waals surface area (Å²) in [7, 11) is 1.70. The zero-order chi connectivity index (χ0) is 15.7. The fourth-order valence-corrected chi connectivity index (χ4v) is 2.09. The second-order valence-corrected chi connectivity index (χ2v) is 5.00. The predicted molar refractivity (Wildman–Crippen MR) is 76.5 cm³/mol. The topological polar surface area (TPSA) is 72.4 Å². The normalized spacial score (nSPS) is 11.0. The van der Waals surface area contributed by atoms with Crippen molar-refractivity contribution < 1.29 is 18.1 Å². The first-order valence-electron chi connectivity index (χ1n) is 6.76. The summed E-state index contributed by atoms with van der Waals surface area (Å²) in [5.74, 6) is 0.207. The number of hydrogen-bond acceptors (Lipinski definition) is 5. The molecule has 3 rings (SSSR count). The maximum absolute atomic E-state index is 13.6. The van der Waals surface area contributed by atoms with Crippen LogP contribution in [0.15, 0.2) is 33.4 Å². The van der Waals surface area contributed by atoms with Crippen LogP contribution in [0.3, 0.4) is 0 Å². The monoisotopic (exact) mass is 303 g/mol. The van der Waals surface area contributed by atoms with Gasteiger partial charge in [0.2, 0.25) is 5.91 Å². The molecule has 0 saturated carbocycles. The second kappa shape index (κ2) is 5.59. The fraction of sp³-hybridized carbons (Fsp3) is 0.267. The van der Waals surface area contributed by atoms with E-state index in [0.29, 0.717) is 35.3 Å². The minimum atomic E-state index is -0.403. The van der Waals surface area contributed by atoms with Crippen LogP contribution < -0.4 is 0 Å². The average molecular weight is 303 g/mol. The van der Waals surface area contributed by atoms with Crippen LogP contribution in [0.4, 0.5) is 4.39 Å². The molecule has 7 heteroatoms. The van der Waals surface area contributed by atoms with Crippen molar-refractivity contribution in [1.29, 1.82) is 0 Å². The summed E-state index contributed by atoms with van der Waals surface area (Å²) in [5.41, 5.74) is 0.913. The largest absolute Gasteiger partial charge is 0.464 e. The van der Waals surface area contributed by atoms with Gasteiger partial charge in [-0.15, -0.1) is 0 Å². The molecule has 0 N–H and O–H groups in total. The first-order valence-corrected chi connectivity index (χ1v) is 6.76. The van der Waals surface area contributed by atoms with Crippen LogP contribution in [0, 0.1) is 5.82 Å². The van der Waals surface area contributed by atoms with Gasteiger partial charge in [-0.05, 0) is 18.2 Å². The van der Waals surface area contributed by atoms with E-state index in [1.165, 1.54) is 25.3 Å². The van der Waals surface area contributed by atoms with Gasteiger partial charge in [-0.2, -0.15) is 4.98 Å². The molecule has 1 amide bonds. The Balaban J connectivity index is 1.86. The molecule has 3 aromatic rings. The standard InChI is InChI=1S/C15H14FN3O3/c1-9(20)19(2)5-3-13-17-15(22-18-13)12-8-11(16)7-10-4-6-21-14(10)12/h4,6-8H,3,5H2,1-2H3. The number of benzene rings is 1. The van der Waals surface area contributed by atoms with Crippen LogP contribution in [0.25, 0.3) is 22.4 Å². The highest BCUT2D eigenvalue weighted by Gasteiger charge is 2.16. The molecule has 2 aromatic heterocycles. The van der Waals surface area contributed by atoms with Crippen LogP contribution in [-0.2, 0) is 11.2 Å². The Kier molecular flexibility index (Phi) is 3.62. The Hall–Kier alpha value is -2.70. The van der Waals surface area contributed by atoms with Crippen LogP contribution >= 0.6 is 0 Å². The molecule has 0 bridgehead atoms. The van der Waals surface area contributed by atoms with Gasteiger partial charge in [0.05, 0.1) is 11.8 Å². The summed E-state index contributed by atoms with van der Waals surface area (Å²) >= 11 is 0. The number of likely N-dealkylation sites (N-methyl/N-ethyl adjacent to an activating group) is 1. The van der Waals surface area contributed by atoms with Crippen molar-refractivity contribution in [2.24, 2.45) is 0 Å². The lowest BCUT2D eigenvalue weighted by atomic mass is 10.1. The van der Waals surface area contributed by atoms with Crippen molar-refractivity contribution in [3.05, 3.63) is 36.1 Å². The molecule has 0 spiro atoms. The van der Waals surface area contributed by atoms with Crippen LogP contribution in [0.5, 0.6) is 0 Å². The minimum Gasteiger partial charge on any atom is -0.464 e. The van der Waals surface area contributed by atoms with Crippen molar-refractivity contribution in [1.82, 2.24) is 15.0 Å². The van der Waals surface area contributed by atoms with Crippen molar-refractivity contribution in [3.8, 4) is 11.5 Å². The fourth-order valence-electron chi connectivity index (χ4n) is 2.09. The summed E-state index contributed by atoms with van der Waals surface area (Å²) < 4.78 is 24.2. The van der Waals surface area contributed by atoms with E-state index in [0.717, 1.165) is 0 Å². The van der Waals surface area contributed by atoms with Gasteiger partial charge >= 0.3 is 0 Å². The molecule has 0 atom stereocenters. The number of furan rings is 1. The third-order valence-electron chi connectivity index (χ3n) is 3.42. The summed E-state index contributed by atoms with van der Waals surface area (Å²) in [6.45, 7) is 1.97. The van der Waals surface area contributed by atoms with Crippen molar-refractivity contribution in [2.45, 2.75) is 13.3 Å². The lowest BCUT2D eigenvalue weighted by Crippen LogP contribution is -2.26. The zero-order valence-electron chi connectivity index (χ0n) is 12.2. The summed E-state index contributed by atoms with van der Waals surface area (Å²) in [5, 5.41) is 4.49. The van der Waals surface area contributed by atoms with Gasteiger partial charge < -0.3 is 13.8 Å². The SMILES string of the molecule is CC(=O)N(C)CCc1noc(-c2cc(F)cc3ccoc23)n1. The van der Waals surface area contributed by atoms with E-state index < -0.39 is 5.82 Å². The number of aromatic nitrogens is 2. The predicted octanol–water partition coefficient (Wildman–Crippen LogP) is 2.64. The van der Waals surface area contributed by atoms with Crippen molar-refractivity contribution in [3.63, 3.8) is 0 Å². The molecule has 0 radical (unpaired) electrons. The molecule has 1 aromatic carbocycles. The molecule has 2 heterocycles. The number of nitrogens with zero attached hydrogens (tertiary/aromatic N) is 3. The Morgan fingerprint density at radius 2 is 2.23 bits per heavy atom. The molecule has 0 aliphatic carbocycles. The van der Waals surface area contributed by atoms with Gasteiger partial charge in [0.15, 0.2) is 5.82 Å². The van der Waals surface area contributed by atoms with Gasteiger partial charge in [-0.3, -0.25) is 4.79 Å². The van der Waals surface area contributed by atoms with Crippen LogP contribution in [-0.4, -0.2) is 34.5 Å². The molecular formula is C15H14FN3O3. The third kappa shape index (κ3) is 2.69. The second-order valence-electron chi connectivity index (χ2n) is 5.00. The van der Waals surface area contributed by atoms with Crippen molar-refractivity contribution >= 4 is 16.9 Å². The maximum Gasteiger partial charge on any atom is 0.261 e. The average Bonchev–Trinajstić information content (AvgIpc) is 3.12. The molecule has 0 aliphatic rings. The van der Waals surface area contributed by atoms with E-state index in [1.807, 2.05) is 0 Å². The van der Waals surface area contributed by atoms with Crippen LogP contribution in [0.1, 0.15) is 12.7 Å². The van der Waals surface area contributed by atoms with E-state index in [-0.39, 0.29) is 11.8 Å². The summed E-state index contributed by atoms with van der Waals surface area (Å²) in [6, 6.07) is 4.34. The Bertz CT molecular complexity index is 824. The number of amides is 1. The van der Waals surface area contributed by atoms with E-state index >= 15 is 0 Å². The third-order valence-corrected chi connectivity index (χ3v) is 3.42. The molecule has 6 nitrogen and oxygen atoms in total. The Morgan fingerprint density at radius 1 is 1.41 bits per heavy atom. The van der Waals surface area contributed by atoms with Gasteiger partial charge in [-0.25, -0.2) is 4.39 Å².